The van der Waals surface area contributed by atoms with Gasteiger partial charge in [-0.05, 0) is 37.1 Å². The van der Waals surface area contributed by atoms with Crippen LogP contribution in [0.1, 0.15) is 31.1 Å². The van der Waals surface area contributed by atoms with E-state index in [0.29, 0.717) is 42.5 Å². The summed E-state index contributed by atoms with van der Waals surface area (Å²) in [6.45, 7) is 6.69. The zero-order valence-electron chi connectivity index (χ0n) is 19.1. The van der Waals surface area contributed by atoms with E-state index >= 15 is 0 Å². The van der Waals surface area contributed by atoms with Crippen LogP contribution in [0, 0.1) is 5.92 Å². The van der Waals surface area contributed by atoms with E-state index in [1.807, 2.05) is 13.8 Å². The number of para-hydroxylation sites is 1. The van der Waals surface area contributed by atoms with Crippen molar-refractivity contribution in [1.82, 2.24) is 5.32 Å². The molecule has 33 heavy (non-hydrogen) atoms. The summed E-state index contributed by atoms with van der Waals surface area (Å²) in [6.07, 6.45) is 1.03. The molecule has 9 nitrogen and oxygen atoms in total. The quantitative estimate of drug-likeness (QED) is 0.607. The highest BCUT2D eigenvalue weighted by atomic mass is 32.2. The van der Waals surface area contributed by atoms with E-state index in [0.717, 1.165) is 10.6 Å². The average Bonchev–Trinajstić information content (AvgIpc) is 2.76. The Hall–Kier alpha value is -3.27. The summed E-state index contributed by atoms with van der Waals surface area (Å²) in [7, 11) is -3.83. The van der Waals surface area contributed by atoms with E-state index in [-0.39, 0.29) is 17.5 Å². The molecule has 0 fully saturated rings. The third kappa shape index (κ3) is 5.95. The fraction of sp³-hybridized carbons (Fsp3) is 0.391. The average molecular weight is 476 g/mol. The van der Waals surface area contributed by atoms with Crippen molar-refractivity contribution in [3.05, 3.63) is 48.0 Å². The van der Waals surface area contributed by atoms with Gasteiger partial charge in [0, 0.05) is 12.6 Å². The molecule has 1 atom stereocenters. The first-order valence-corrected chi connectivity index (χ1v) is 12.5. The van der Waals surface area contributed by atoms with Gasteiger partial charge >= 0.3 is 0 Å². The molecule has 0 aliphatic carbocycles. The number of hydrogen-bond donors (Lipinski definition) is 2. The van der Waals surface area contributed by atoms with E-state index < -0.39 is 22.0 Å². The number of carbonyl (C=O) groups is 2. The Morgan fingerprint density at radius 1 is 1.03 bits per heavy atom. The molecule has 2 aromatic carbocycles. The molecule has 0 saturated carbocycles. The van der Waals surface area contributed by atoms with E-state index in [1.165, 1.54) is 13.0 Å². The predicted octanol–water partition coefficient (Wildman–Crippen LogP) is 2.64. The smallest absolute Gasteiger partial charge is 0.253 e. The van der Waals surface area contributed by atoms with Crippen LogP contribution < -0.4 is 24.4 Å². The van der Waals surface area contributed by atoms with Crippen LogP contribution >= 0.6 is 0 Å². The monoisotopic (exact) mass is 475 g/mol. The topological polar surface area (TPSA) is 114 Å². The van der Waals surface area contributed by atoms with Crippen molar-refractivity contribution in [2.24, 2.45) is 5.92 Å². The Balaban J connectivity index is 1.85. The van der Waals surface area contributed by atoms with Gasteiger partial charge in [-0.2, -0.15) is 0 Å². The van der Waals surface area contributed by atoms with Crippen molar-refractivity contribution in [3.63, 3.8) is 0 Å². The maximum atomic E-state index is 13.1. The first-order valence-electron chi connectivity index (χ1n) is 10.6. The highest BCUT2D eigenvalue weighted by molar-refractivity contribution is 7.92. The van der Waals surface area contributed by atoms with Crippen molar-refractivity contribution in [1.29, 1.82) is 0 Å². The second kappa shape index (κ2) is 10.1. The van der Waals surface area contributed by atoms with Crippen LogP contribution in [0.2, 0.25) is 0 Å². The van der Waals surface area contributed by atoms with E-state index in [2.05, 4.69) is 10.6 Å². The molecule has 10 heteroatoms. The number of sulfonamides is 1. The SMILES string of the molecule is CC(C)CNC(=O)c1ccccc1NC(=O)[C@H](C)N(c1ccc2c(c1)OCCO2)S(C)(=O)=O. The number of nitrogens with zero attached hydrogens (tertiary/aromatic N) is 1. The zero-order valence-corrected chi connectivity index (χ0v) is 19.9. The zero-order chi connectivity index (χ0) is 24.2. The molecule has 2 aromatic rings. The van der Waals surface area contributed by atoms with Crippen molar-refractivity contribution >= 4 is 33.2 Å². The van der Waals surface area contributed by atoms with Gasteiger partial charge < -0.3 is 20.1 Å². The molecule has 0 radical (unpaired) electrons. The number of benzene rings is 2. The number of fused-ring (bicyclic) bond motifs is 1. The van der Waals surface area contributed by atoms with Gasteiger partial charge in [-0.25, -0.2) is 8.42 Å². The number of hydrogen-bond acceptors (Lipinski definition) is 6. The third-order valence-corrected chi connectivity index (χ3v) is 6.21. The van der Waals surface area contributed by atoms with Crippen LogP contribution in [0.5, 0.6) is 11.5 Å². The molecule has 1 aliphatic rings. The lowest BCUT2D eigenvalue weighted by atomic mass is 10.1. The summed E-state index contributed by atoms with van der Waals surface area (Å²) >= 11 is 0. The Bertz CT molecular complexity index is 1130. The molecule has 0 unspecified atom stereocenters. The van der Waals surface area contributed by atoms with Gasteiger partial charge in [-0.3, -0.25) is 13.9 Å². The lowest BCUT2D eigenvalue weighted by molar-refractivity contribution is -0.116. The molecule has 178 valence electrons. The van der Waals surface area contributed by atoms with E-state index in [1.54, 1.807) is 36.4 Å². The molecule has 3 rings (SSSR count). The number of carbonyl (C=O) groups excluding carboxylic acids is 2. The number of nitrogens with one attached hydrogen (secondary N) is 2. The standard InChI is InChI=1S/C23H29N3O6S/c1-15(2)14-24-23(28)18-7-5-6-8-19(18)25-22(27)16(3)26(33(4,29)30)17-9-10-20-21(13-17)32-12-11-31-20/h5-10,13,15-16H,11-12,14H2,1-4H3,(H,24,28)(H,25,27)/t16-/m0/s1. The fourth-order valence-electron chi connectivity index (χ4n) is 3.40. The van der Waals surface area contributed by atoms with Crippen molar-refractivity contribution in [2.45, 2.75) is 26.8 Å². The van der Waals surface area contributed by atoms with Crippen molar-refractivity contribution < 1.29 is 27.5 Å². The summed E-state index contributed by atoms with van der Waals surface area (Å²) in [5.74, 6) is 0.285. The second-order valence-electron chi connectivity index (χ2n) is 8.20. The summed E-state index contributed by atoms with van der Waals surface area (Å²) in [5, 5.41) is 5.52. The molecule has 0 bridgehead atoms. The minimum absolute atomic E-state index is 0.269. The van der Waals surface area contributed by atoms with Crippen LogP contribution in [-0.2, 0) is 14.8 Å². The molecule has 0 spiro atoms. The first-order chi connectivity index (χ1) is 15.6. The van der Waals surface area contributed by atoms with Crippen LogP contribution in [0.25, 0.3) is 0 Å². The summed E-state index contributed by atoms with van der Waals surface area (Å²) in [4.78, 5) is 25.7. The lowest BCUT2D eigenvalue weighted by Gasteiger charge is -2.29. The highest BCUT2D eigenvalue weighted by Crippen LogP contribution is 2.35. The summed E-state index contributed by atoms with van der Waals surface area (Å²) in [6, 6.07) is 10.2. The Morgan fingerprint density at radius 2 is 1.70 bits per heavy atom. The number of rotatable bonds is 8. The Morgan fingerprint density at radius 3 is 2.36 bits per heavy atom. The predicted molar refractivity (Wildman–Crippen MR) is 126 cm³/mol. The van der Waals surface area contributed by atoms with Crippen LogP contribution in [0.15, 0.2) is 42.5 Å². The first kappa shape index (κ1) is 24.4. The molecule has 1 aliphatic heterocycles. The number of ether oxygens (including phenoxy) is 2. The van der Waals surface area contributed by atoms with Gasteiger partial charge in [0.25, 0.3) is 5.91 Å². The van der Waals surface area contributed by atoms with Gasteiger partial charge in [0.15, 0.2) is 11.5 Å². The molecule has 0 aromatic heterocycles. The van der Waals surface area contributed by atoms with Gasteiger partial charge in [-0.15, -0.1) is 0 Å². The van der Waals surface area contributed by atoms with Gasteiger partial charge in [-0.1, -0.05) is 26.0 Å². The number of anilines is 2. The maximum Gasteiger partial charge on any atom is 0.253 e. The minimum atomic E-state index is -3.83. The molecule has 1 heterocycles. The third-order valence-electron chi connectivity index (χ3n) is 4.97. The Kier molecular flexibility index (Phi) is 7.47. The van der Waals surface area contributed by atoms with Crippen molar-refractivity contribution in [3.8, 4) is 11.5 Å². The molecule has 0 saturated heterocycles. The van der Waals surface area contributed by atoms with E-state index in [4.69, 9.17) is 9.47 Å². The summed E-state index contributed by atoms with van der Waals surface area (Å²) in [5.41, 5.74) is 0.863. The molecular weight excluding hydrogens is 446 g/mol. The highest BCUT2D eigenvalue weighted by Gasteiger charge is 2.31. The Labute approximate surface area is 194 Å². The fourth-order valence-corrected chi connectivity index (χ4v) is 4.56. The molecule has 2 N–H and O–H groups in total. The number of amides is 2. The van der Waals surface area contributed by atoms with E-state index in [9.17, 15) is 18.0 Å². The van der Waals surface area contributed by atoms with Crippen LogP contribution in [0.3, 0.4) is 0 Å². The van der Waals surface area contributed by atoms with Crippen LogP contribution in [0.4, 0.5) is 11.4 Å². The van der Waals surface area contributed by atoms with Crippen LogP contribution in [-0.4, -0.2) is 52.3 Å². The van der Waals surface area contributed by atoms with Crippen molar-refractivity contribution in [2.75, 3.05) is 35.6 Å². The molecular formula is C23H29N3O6S. The maximum absolute atomic E-state index is 13.1. The second-order valence-corrected chi connectivity index (χ2v) is 10.1. The lowest BCUT2D eigenvalue weighted by Crippen LogP contribution is -2.45. The summed E-state index contributed by atoms with van der Waals surface area (Å²) < 4.78 is 37.3. The normalized spacial score (nSPS) is 13.8. The largest absolute Gasteiger partial charge is 0.486 e. The van der Waals surface area contributed by atoms with Gasteiger partial charge in [0.05, 0.1) is 23.2 Å². The van der Waals surface area contributed by atoms with Gasteiger partial charge in [0.1, 0.15) is 19.3 Å². The van der Waals surface area contributed by atoms with Gasteiger partial charge in [0.2, 0.25) is 15.9 Å². The minimum Gasteiger partial charge on any atom is -0.486 e. The molecule has 2 amide bonds.